The van der Waals surface area contributed by atoms with Crippen LogP contribution in [0.25, 0.3) is 0 Å². The first-order chi connectivity index (χ1) is 10.9. The van der Waals surface area contributed by atoms with Gasteiger partial charge in [-0.3, -0.25) is 0 Å². The molecule has 1 fully saturated rings. The molecule has 0 bridgehead atoms. The Morgan fingerprint density at radius 3 is 2.87 bits per heavy atom. The third-order valence-electron chi connectivity index (χ3n) is 3.30. The first kappa shape index (κ1) is 17.2. The summed E-state index contributed by atoms with van der Waals surface area (Å²) in [5.74, 6) is 0.175. The molecule has 0 saturated carbocycles. The van der Waals surface area contributed by atoms with E-state index >= 15 is 0 Å². The summed E-state index contributed by atoms with van der Waals surface area (Å²) in [5.41, 5.74) is 0. The molecule has 23 heavy (non-hydrogen) atoms. The van der Waals surface area contributed by atoms with E-state index < -0.39 is 12.5 Å². The molecule has 1 aliphatic rings. The molecule has 0 radical (unpaired) electrons. The monoisotopic (exact) mass is 333 g/mol. The van der Waals surface area contributed by atoms with Gasteiger partial charge in [-0.1, -0.05) is 0 Å². The lowest BCUT2D eigenvalue weighted by molar-refractivity contribution is -0.274. The van der Waals surface area contributed by atoms with Crippen LogP contribution in [-0.4, -0.2) is 43.2 Å². The Kier molecular flexibility index (Phi) is 5.51. The van der Waals surface area contributed by atoms with E-state index in [1.165, 1.54) is 12.1 Å². The van der Waals surface area contributed by atoms with Crippen LogP contribution in [0, 0.1) is 0 Å². The van der Waals surface area contributed by atoms with Crippen LogP contribution in [-0.2, 0) is 4.74 Å². The lowest BCUT2D eigenvalue weighted by Gasteiger charge is -2.33. The van der Waals surface area contributed by atoms with E-state index in [1.807, 2.05) is 4.90 Å². The predicted molar refractivity (Wildman–Crippen MR) is 76.3 cm³/mol. The first-order valence-corrected chi connectivity index (χ1v) is 7.27. The van der Waals surface area contributed by atoms with Crippen molar-refractivity contribution in [3.8, 4) is 5.75 Å². The maximum absolute atomic E-state index is 12.1. The van der Waals surface area contributed by atoms with Crippen LogP contribution in [0.4, 0.5) is 23.8 Å². The molecule has 1 saturated heterocycles. The molecular formula is C14H18F3N3O3. The van der Waals surface area contributed by atoms with E-state index in [-0.39, 0.29) is 11.8 Å². The second kappa shape index (κ2) is 7.38. The molecule has 1 aromatic heterocycles. The standard InChI is InChI=1S/C14H18F3N3O3/c1-2-22-13(21)19-10-4-3-7-20(9-10)12-6-5-11(8-18-12)23-14(15,16)17/h5-6,8,10H,2-4,7,9H2,1H3,(H,19,21). The lowest BCUT2D eigenvalue weighted by Crippen LogP contribution is -2.48. The minimum Gasteiger partial charge on any atom is -0.450 e. The highest BCUT2D eigenvalue weighted by Crippen LogP contribution is 2.24. The van der Waals surface area contributed by atoms with Gasteiger partial charge in [-0.2, -0.15) is 0 Å². The maximum atomic E-state index is 12.1. The van der Waals surface area contributed by atoms with Crippen molar-refractivity contribution in [2.24, 2.45) is 0 Å². The largest absolute Gasteiger partial charge is 0.573 e. The SMILES string of the molecule is CCOC(=O)NC1CCCN(c2ccc(OC(F)(F)F)cn2)C1. The molecule has 1 N–H and O–H groups in total. The van der Waals surface area contributed by atoms with Crippen molar-refractivity contribution in [1.82, 2.24) is 10.3 Å². The summed E-state index contributed by atoms with van der Waals surface area (Å²) in [7, 11) is 0. The number of rotatable bonds is 4. The minimum atomic E-state index is -4.73. The van der Waals surface area contributed by atoms with E-state index in [9.17, 15) is 18.0 Å². The van der Waals surface area contributed by atoms with Crippen molar-refractivity contribution in [2.75, 3.05) is 24.6 Å². The second-order valence-electron chi connectivity index (χ2n) is 5.05. The van der Waals surface area contributed by atoms with Crippen LogP contribution in [0.5, 0.6) is 5.75 Å². The number of halogens is 3. The summed E-state index contributed by atoms with van der Waals surface area (Å²) >= 11 is 0. The maximum Gasteiger partial charge on any atom is 0.573 e. The van der Waals surface area contributed by atoms with Gasteiger partial charge in [0.15, 0.2) is 0 Å². The van der Waals surface area contributed by atoms with Gasteiger partial charge in [0, 0.05) is 19.1 Å². The first-order valence-electron chi connectivity index (χ1n) is 7.27. The number of alkyl halides is 3. The third-order valence-corrected chi connectivity index (χ3v) is 3.30. The number of carbonyl (C=O) groups is 1. The van der Waals surface area contributed by atoms with Crippen molar-refractivity contribution in [3.63, 3.8) is 0 Å². The number of hydrogen-bond acceptors (Lipinski definition) is 5. The van der Waals surface area contributed by atoms with Gasteiger partial charge < -0.3 is 19.7 Å². The van der Waals surface area contributed by atoms with E-state index in [4.69, 9.17) is 4.74 Å². The van der Waals surface area contributed by atoms with Crippen molar-refractivity contribution >= 4 is 11.9 Å². The normalized spacial score (nSPS) is 18.4. The Bertz CT molecular complexity index is 522. The number of hydrogen-bond donors (Lipinski definition) is 1. The van der Waals surface area contributed by atoms with E-state index in [0.29, 0.717) is 25.5 Å². The van der Waals surface area contributed by atoms with Crippen molar-refractivity contribution in [1.29, 1.82) is 0 Å². The number of piperidine rings is 1. The van der Waals surface area contributed by atoms with E-state index in [2.05, 4.69) is 15.0 Å². The average molecular weight is 333 g/mol. The molecule has 0 spiro atoms. The van der Waals surface area contributed by atoms with Crippen LogP contribution >= 0.6 is 0 Å². The Hall–Kier alpha value is -2.19. The minimum absolute atomic E-state index is 0.0873. The summed E-state index contributed by atoms with van der Waals surface area (Å²) in [6, 6.07) is 2.60. The summed E-state index contributed by atoms with van der Waals surface area (Å²) in [6.45, 7) is 3.25. The molecule has 128 valence electrons. The number of nitrogens with one attached hydrogen (secondary N) is 1. The smallest absolute Gasteiger partial charge is 0.450 e. The van der Waals surface area contributed by atoms with Crippen LogP contribution in [0.3, 0.4) is 0 Å². The molecular weight excluding hydrogens is 315 g/mol. The number of alkyl carbamates (subject to hydrolysis) is 1. The second-order valence-corrected chi connectivity index (χ2v) is 5.05. The summed E-state index contributed by atoms with van der Waals surface area (Å²) in [6.07, 6.45) is -2.53. The average Bonchev–Trinajstić information content (AvgIpc) is 2.47. The van der Waals surface area contributed by atoms with Gasteiger partial charge in [0.2, 0.25) is 0 Å². The molecule has 1 amide bonds. The topological polar surface area (TPSA) is 63.7 Å². The van der Waals surface area contributed by atoms with Gasteiger partial charge in [-0.15, -0.1) is 13.2 Å². The Labute approximate surface area is 131 Å². The number of aromatic nitrogens is 1. The summed E-state index contributed by atoms with van der Waals surface area (Å²) < 4.78 is 45.0. The summed E-state index contributed by atoms with van der Waals surface area (Å²) in [5, 5.41) is 2.76. The van der Waals surface area contributed by atoms with Crippen molar-refractivity contribution < 1.29 is 27.4 Å². The fourth-order valence-corrected chi connectivity index (χ4v) is 2.40. The lowest BCUT2D eigenvalue weighted by atomic mass is 10.1. The van der Waals surface area contributed by atoms with Gasteiger partial charge in [0.25, 0.3) is 0 Å². The van der Waals surface area contributed by atoms with Gasteiger partial charge in [0.1, 0.15) is 11.6 Å². The van der Waals surface area contributed by atoms with Crippen LogP contribution in [0.15, 0.2) is 18.3 Å². The summed E-state index contributed by atoms with van der Waals surface area (Å²) in [4.78, 5) is 17.3. The fraction of sp³-hybridized carbons (Fsp3) is 0.571. The Balaban J connectivity index is 1.94. The van der Waals surface area contributed by atoms with Crippen molar-refractivity contribution in [2.45, 2.75) is 32.2 Å². The van der Waals surface area contributed by atoms with Crippen LogP contribution in [0.1, 0.15) is 19.8 Å². The van der Waals surface area contributed by atoms with E-state index in [1.54, 1.807) is 6.92 Å². The highest BCUT2D eigenvalue weighted by molar-refractivity contribution is 5.67. The molecule has 1 unspecified atom stereocenters. The zero-order chi connectivity index (χ0) is 16.9. The Morgan fingerprint density at radius 1 is 1.48 bits per heavy atom. The Morgan fingerprint density at radius 2 is 2.26 bits per heavy atom. The molecule has 2 rings (SSSR count). The van der Waals surface area contributed by atoms with Crippen LogP contribution in [0.2, 0.25) is 0 Å². The molecule has 9 heteroatoms. The highest BCUT2D eigenvalue weighted by atomic mass is 19.4. The van der Waals surface area contributed by atoms with Crippen LogP contribution < -0.4 is 15.0 Å². The highest BCUT2D eigenvalue weighted by Gasteiger charge is 2.31. The predicted octanol–water partition coefficient (Wildman–Crippen LogP) is 2.70. The van der Waals surface area contributed by atoms with Gasteiger partial charge in [0.05, 0.1) is 12.8 Å². The number of amides is 1. The number of nitrogens with zero attached hydrogens (tertiary/aromatic N) is 2. The number of carbonyl (C=O) groups excluding carboxylic acids is 1. The number of pyridine rings is 1. The number of anilines is 1. The van der Waals surface area contributed by atoms with Gasteiger partial charge in [-0.25, -0.2) is 9.78 Å². The number of ether oxygens (including phenoxy) is 2. The third kappa shape index (κ3) is 5.50. The van der Waals surface area contributed by atoms with E-state index in [0.717, 1.165) is 19.0 Å². The molecule has 0 aliphatic carbocycles. The van der Waals surface area contributed by atoms with Gasteiger partial charge in [-0.05, 0) is 31.9 Å². The molecule has 1 aromatic rings. The fourth-order valence-electron chi connectivity index (χ4n) is 2.40. The molecule has 1 aliphatic heterocycles. The molecule has 6 nitrogen and oxygen atoms in total. The van der Waals surface area contributed by atoms with Crippen molar-refractivity contribution in [3.05, 3.63) is 18.3 Å². The molecule has 0 aromatic carbocycles. The zero-order valence-electron chi connectivity index (χ0n) is 12.6. The zero-order valence-corrected chi connectivity index (χ0v) is 12.6. The molecule has 2 heterocycles. The molecule has 1 atom stereocenters. The quantitative estimate of drug-likeness (QED) is 0.918. The van der Waals surface area contributed by atoms with Gasteiger partial charge >= 0.3 is 12.5 Å².